The zero-order valence-electron chi connectivity index (χ0n) is 14.8. The number of allylic oxidation sites excluding steroid dienone is 3. The summed E-state index contributed by atoms with van der Waals surface area (Å²) in [6.45, 7) is 5.10. The molecule has 0 radical (unpaired) electrons. The fourth-order valence-corrected chi connectivity index (χ4v) is 2.45. The molecule has 6 heteroatoms. The summed E-state index contributed by atoms with van der Waals surface area (Å²) in [5.41, 5.74) is 1.83. The van der Waals surface area contributed by atoms with Gasteiger partial charge in [-0.1, -0.05) is 18.2 Å². The van der Waals surface area contributed by atoms with E-state index in [2.05, 4.69) is 10.2 Å². The molecule has 0 spiro atoms. The average molecular weight is 343 g/mol. The van der Waals surface area contributed by atoms with Crippen LogP contribution in [0.2, 0.25) is 0 Å². The van der Waals surface area contributed by atoms with Gasteiger partial charge in [-0.3, -0.25) is 9.59 Å². The monoisotopic (exact) mass is 343 g/mol. The van der Waals surface area contributed by atoms with Crippen molar-refractivity contribution in [3.8, 4) is 0 Å². The molecule has 0 aromatic heterocycles. The molecule has 1 fully saturated rings. The van der Waals surface area contributed by atoms with Gasteiger partial charge in [0.15, 0.2) is 0 Å². The molecule has 1 heterocycles. The number of amides is 2. The van der Waals surface area contributed by atoms with Crippen molar-refractivity contribution < 1.29 is 14.3 Å². The average Bonchev–Trinajstić information content (AvgIpc) is 2.63. The molecule has 1 saturated heterocycles. The molecule has 25 heavy (non-hydrogen) atoms. The van der Waals surface area contributed by atoms with Crippen molar-refractivity contribution >= 4 is 23.2 Å². The summed E-state index contributed by atoms with van der Waals surface area (Å²) in [7, 11) is 1.60. The molecule has 1 N–H and O–H groups in total. The lowest BCUT2D eigenvalue weighted by Gasteiger charge is -2.28. The SMILES string of the molecule is C/C=C/C=C/C(=O)N(C)CC(=O)Nc1ccc(N2CCOCC2)cc1. The first kappa shape index (κ1) is 18.7. The highest BCUT2D eigenvalue weighted by atomic mass is 16.5. The molecule has 0 atom stereocenters. The predicted molar refractivity (Wildman–Crippen MR) is 99.7 cm³/mol. The second-order valence-electron chi connectivity index (χ2n) is 5.77. The van der Waals surface area contributed by atoms with Crippen LogP contribution in [0.3, 0.4) is 0 Å². The van der Waals surface area contributed by atoms with Crippen molar-refractivity contribution in [3.05, 3.63) is 48.6 Å². The van der Waals surface area contributed by atoms with Crippen molar-refractivity contribution in [2.45, 2.75) is 6.92 Å². The maximum Gasteiger partial charge on any atom is 0.246 e. The van der Waals surface area contributed by atoms with Gasteiger partial charge in [0.2, 0.25) is 11.8 Å². The zero-order chi connectivity index (χ0) is 18.1. The number of rotatable bonds is 6. The largest absolute Gasteiger partial charge is 0.378 e. The van der Waals surface area contributed by atoms with Crippen molar-refractivity contribution in [2.24, 2.45) is 0 Å². The fraction of sp³-hybridized carbons (Fsp3) is 0.368. The number of likely N-dealkylation sites (N-methyl/N-ethyl adjacent to an activating group) is 1. The molecule has 0 bridgehead atoms. The van der Waals surface area contributed by atoms with Gasteiger partial charge >= 0.3 is 0 Å². The highest BCUT2D eigenvalue weighted by Gasteiger charge is 2.12. The van der Waals surface area contributed by atoms with Crippen molar-refractivity contribution in [1.82, 2.24) is 4.90 Å². The Hall–Kier alpha value is -2.60. The highest BCUT2D eigenvalue weighted by molar-refractivity contribution is 5.96. The number of hydrogen-bond acceptors (Lipinski definition) is 4. The maximum atomic E-state index is 12.1. The lowest BCUT2D eigenvalue weighted by molar-refractivity contribution is -0.129. The first-order valence-electron chi connectivity index (χ1n) is 8.37. The minimum Gasteiger partial charge on any atom is -0.378 e. The second kappa shape index (κ2) is 9.64. The van der Waals surface area contributed by atoms with E-state index in [0.29, 0.717) is 5.69 Å². The van der Waals surface area contributed by atoms with Crippen molar-refractivity contribution in [1.29, 1.82) is 0 Å². The molecule has 0 unspecified atom stereocenters. The minimum atomic E-state index is -0.227. The molecule has 0 aliphatic carbocycles. The Labute approximate surface area is 148 Å². The van der Waals surface area contributed by atoms with E-state index in [1.54, 1.807) is 19.2 Å². The third kappa shape index (κ3) is 6.08. The van der Waals surface area contributed by atoms with Gasteiger partial charge in [-0.25, -0.2) is 0 Å². The van der Waals surface area contributed by atoms with Crippen LogP contribution < -0.4 is 10.2 Å². The van der Waals surface area contributed by atoms with E-state index < -0.39 is 0 Å². The predicted octanol–water partition coefficient (Wildman–Crippen LogP) is 2.05. The molecule has 1 aromatic rings. The summed E-state index contributed by atoms with van der Waals surface area (Å²) in [5, 5.41) is 2.81. The molecule has 1 aliphatic heterocycles. The van der Waals surface area contributed by atoms with Gasteiger partial charge in [-0.15, -0.1) is 0 Å². The van der Waals surface area contributed by atoms with Crippen LogP contribution in [0.5, 0.6) is 0 Å². The molecule has 2 rings (SSSR count). The summed E-state index contributed by atoms with van der Waals surface area (Å²) < 4.78 is 5.35. The number of carbonyl (C=O) groups excluding carboxylic acids is 2. The summed E-state index contributed by atoms with van der Waals surface area (Å²) >= 11 is 0. The van der Waals surface area contributed by atoms with Gasteiger partial charge in [0.25, 0.3) is 0 Å². The summed E-state index contributed by atoms with van der Waals surface area (Å²) in [5.74, 6) is -0.440. The Morgan fingerprint density at radius 3 is 2.52 bits per heavy atom. The van der Waals surface area contributed by atoms with Crippen LogP contribution in [0.4, 0.5) is 11.4 Å². The number of morpholine rings is 1. The maximum absolute atomic E-state index is 12.1. The standard InChI is InChI=1S/C19H25N3O3/c1-3-4-5-6-19(24)21(2)15-18(23)20-16-7-9-17(10-8-16)22-11-13-25-14-12-22/h3-10H,11-15H2,1-2H3,(H,20,23)/b4-3+,6-5+. The minimum absolute atomic E-state index is 0.00419. The number of benzene rings is 1. The van der Waals surface area contributed by atoms with E-state index >= 15 is 0 Å². The Balaban J connectivity index is 1.84. The molecule has 134 valence electrons. The Bertz CT molecular complexity index is 632. The number of anilines is 2. The molecule has 1 aromatic carbocycles. The number of ether oxygens (including phenoxy) is 1. The summed E-state index contributed by atoms with van der Waals surface area (Å²) in [4.78, 5) is 27.5. The van der Waals surface area contributed by atoms with E-state index in [0.717, 1.165) is 32.0 Å². The number of carbonyl (C=O) groups is 2. The van der Waals surface area contributed by atoms with E-state index in [9.17, 15) is 9.59 Å². The number of nitrogens with one attached hydrogen (secondary N) is 1. The van der Waals surface area contributed by atoms with Gasteiger partial charge in [-0.2, -0.15) is 0 Å². The van der Waals surface area contributed by atoms with Gasteiger partial charge in [0.1, 0.15) is 0 Å². The van der Waals surface area contributed by atoms with Gasteiger partial charge in [-0.05, 0) is 31.2 Å². The molecule has 2 amide bonds. The quantitative estimate of drug-likeness (QED) is 0.634. The van der Waals surface area contributed by atoms with Crippen LogP contribution in [0.25, 0.3) is 0 Å². The van der Waals surface area contributed by atoms with E-state index in [4.69, 9.17) is 4.74 Å². The molecule has 6 nitrogen and oxygen atoms in total. The van der Waals surface area contributed by atoms with Crippen molar-refractivity contribution in [3.63, 3.8) is 0 Å². The Morgan fingerprint density at radius 1 is 1.20 bits per heavy atom. The first-order valence-corrected chi connectivity index (χ1v) is 8.37. The second-order valence-corrected chi connectivity index (χ2v) is 5.77. The third-order valence-electron chi connectivity index (χ3n) is 3.83. The zero-order valence-corrected chi connectivity index (χ0v) is 14.8. The molecular formula is C19H25N3O3. The molecule has 0 saturated carbocycles. The normalized spacial score (nSPS) is 14.9. The molecular weight excluding hydrogens is 318 g/mol. The van der Waals surface area contributed by atoms with Crippen LogP contribution in [0.15, 0.2) is 48.6 Å². The van der Waals surface area contributed by atoms with E-state index in [1.807, 2.05) is 37.3 Å². The van der Waals surface area contributed by atoms with Crippen LogP contribution in [0, 0.1) is 0 Å². The summed E-state index contributed by atoms with van der Waals surface area (Å²) in [6.07, 6.45) is 6.68. The van der Waals surface area contributed by atoms with Crippen molar-refractivity contribution in [2.75, 3.05) is 50.1 Å². The summed E-state index contributed by atoms with van der Waals surface area (Å²) in [6, 6.07) is 7.71. The lowest BCUT2D eigenvalue weighted by atomic mass is 10.2. The van der Waals surface area contributed by atoms with E-state index in [1.165, 1.54) is 11.0 Å². The smallest absolute Gasteiger partial charge is 0.246 e. The van der Waals surface area contributed by atoms with Gasteiger partial charge in [0.05, 0.1) is 19.8 Å². The van der Waals surface area contributed by atoms with Crippen LogP contribution >= 0.6 is 0 Å². The van der Waals surface area contributed by atoms with Crippen LogP contribution in [-0.4, -0.2) is 56.6 Å². The number of nitrogens with zero attached hydrogens (tertiary/aromatic N) is 2. The van der Waals surface area contributed by atoms with Gasteiger partial charge < -0.3 is 19.9 Å². The van der Waals surface area contributed by atoms with Crippen LogP contribution in [0.1, 0.15) is 6.92 Å². The Morgan fingerprint density at radius 2 is 1.88 bits per heavy atom. The highest BCUT2D eigenvalue weighted by Crippen LogP contribution is 2.18. The topological polar surface area (TPSA) is 61.9 Å². The fourth-order valence-electron chi connectivity index (χ4n) is 2.45. The first-order chi connectivity index (χ1) is 12.1. The third-order valence-corrected chi connectivity index (χ3v) is 3.83. The number of hydrogen-bond donors (Lipinski definition) is 1. The molecule has 1 aliphatic rings. The van der Waals surface area contributed by atoms with E-state index in [-0.39, 0.29) is 18.4 Å². The Kier molecular flexibility index (Phi) is 7.22. The van der Waals surface area contributed by atoms with Gasteiger partial charge in [0, 0.05) is 37.6 Å². The lowest BCUT2D eigenvalue weighted by Crippen LogP contribution is -2.36. The van der Waals surface area contributed by atoms with Crippen LogP contribution in [-0.2, 0) is 14.3 Å².